The van der Waals surface area contributed by atoms with Crippen molar-refractivity contribution in [2.75, 3.05) is 0 Å². The van der Waals surface area contributed by atoms with Gasteiger partial charge in [-0.1, -0.05) is 12.1 Å². The second kappa shape index (κ2) is 4.22. The smallest absolute Gasteiger partial charge is 0.254 e. The fourth-order valence-electron chi connectivity index (χ4n) is 1.16. The van der Waals surface area contributed by atoms with Gasteiger partial charge in [-0.15, -0.1) is 0 Å². The maximum atomic E-state index is 13.4. The molecule has 14 heavy (non-hydrogen) atoms. The Morgan fingerprint density at radius 1 is 1.43 bits per heavy atom. The van der Waals surface area contributed by atoms with Crippen LogP contribution in [0.5, 0.6) is 0 Å². The molecule has 0 unspecified atom stereocenters. The highest BCUT2D eigenvalue weighted by Crippen LogP contribution is 2.11. The summed E-state index contributed by atoms with van der Waals surface area (Å²) in [5.74, 6) is -0.799. The van der Waals surface area contributed by atoms with E-state index in [0.717, 1.165) is 0 Å². The van der Waals surface area contributed by atoms with Crippen molar-refractivity contribution in [1.29, 1.82) is 0 Å². The predicted molar refractivity (Wildman–Crippen MR) is 53.7 cm³/mol. The molecule has 0 heterocycles. The molecule has 1 rings (SSSR count). The first-order valence-electron chi connectivity index (χ1n) is 4.58. The van der Waals surface area contributed by atoms with Gasteiger partial charge in [-0.2, -0.15) is 0 Å². The van der Waals surface area contributed by atoms with Crippen molar-refractivity contribution in [3.8, 4) is 0 Å². The molecule has 76 valence electrons. The van der Waals surface area contributed by atoms with Crippen LogP contribution in [-0.2, 0) is 0 Å². The Morgan fingerprint density at radius 3 is 2.64 bits per heavy atom. The molecular formula is C11H14FNO. The van der Waals surface area contributed by atoms with Gasteiger partial charge in [0.25, 0.3) is 5.91 Å². The molecule has 0 aromatic heterocycles. The van der Waals surface area contributed by atoms with Crippen LogP contribution in [0, 0.1) is 12.7 Å². The van der Waals surface area contributed by atoms with Crippen LogP contribution < -0.4 is 5.32 Å². The van der Waals surface area contributed by atoms with Crippen molar-refractivity contribution < 1.29 is 9.18 Å². The third-order valence-corrected chi connectivity index (χ3v) is 1.86. The van der Waals surface area contributed by atoms with Gasteiger partial charge in [0.1, 0.15) is 5.82 Å². The minimum Gasteiger partial charge on any atom is -0.350 e. The molecule has 0 saturated heterocycles. The molecular weight excluding hydrogens is 181 g/mol. The first-order valence-corrected chi connectivity index (χ1v) is 4.58. The largest absolute Gasteiger partial charge is 0.350 e. The summed E-state index contributed by atoms with van der Waals surface area (Å²) in [7, 11) is 0. The highest BCUT2D eigenvalue weighted by molar-refractivity contribution is 5.94. The van der Waals surface area contributed by atoms with Gasteiger partial charge in [0.15, 0.2) is 0 Å². The molecule has 3 heteroatoms. The lowest BCUT2D eigenvalue weighted by molar-refractivity contribution is 0.0939. The molecule has 0 aliphatic heterocycles. The summed E-state index contributed by atoms with van der Waals surface area (Å²) in [6.45, 7) is 5.32. The Morgan fingerprint density at radius 2 is 2.07 bits per heavy atom. The van der Waals surface area contributed by atoms with E-state index in [1.807, 2.05) is 13.8 Å². The quantitative estimate of drug-likeness (QED) is 0.770. The summed E-state index contributed by atoms with van der Waals surface area (Å²) in [5.41, 5.74) is 0.597. The molecule has 0 aliphatic rings. The number of halogens is 1. The van der Waals surface area contributed by atoms with E-state index in [0.29, 0.717) is 5.56 Å². The molecule has 1 amide bonds. The highest BCUT2D eigenvalue weighted by atomic mass is 19.1. The molecule has 0 aliphatic carbocycles. The molecule has 1 aromatic carbocycles. The number of nitrogens with one attached hydrogen (secondary N) is 1. The van der Waals surface area contributed by atoms with E-state index >= 15 is 0 Å². The number of amides is 1. The minimum atomic E-state index is -0.439. The van der Waals surface area contributed by atoms with Crippen molar-refractivity contribution in [2.45, 2.75) is 26.8 Å². The minimum absolute atomic E-state index is 0.0161. The maximum Gasteiger partial charge on any atom is 0.254 e. The number of aryl methyl sites for hydroxylation is 1. The van der Waals surface area contributed by atoms with E-state index in [9.17, 15) is 9.18 Å². The van der Waals surface area contributed by atoms with E-state index in [1.165, 1.54) is 6.07 Å². The van der Waals surface area contributed by atoms with E-state index < -0.39 is 5.82 Å². The Bertz CT molecular complexity index is 347. The fraction of sp³-hybridized carbons (Fsp3) is 0.364. The van der Waals surface area contributed by atoms with Gasteiger partial charge < -0.3 is 5.32 Å². The number of hydrogen-bond donors (Lipinski definition) is 1. The summed E-state index contributed by atoms with van der Waals surface area (Å²) < 4.78 is 13.4. The first-order chi connectivity index (χ1) is 6.52. The van der Waals surface area contributed by atoms with E-state index in [2.05, 4.69) is 5.32 Å². The van der Waals surface area contributed by atoms with Gasteiger partial charge in [-0.25, -0.2) is 4.39 Å². The lowest BCUT2D eigenvalue weighted by Gasteiger charge is -2.09. The lowest BCUT2D eigenvalue weighted by atomic mass is 10.1. The average molecular weight is 195 g/mol. The monoisotopic (exact) mass is 195 g/mol. The van der Waals surface area contributed by atoms with Crippen molar-refractivity contribution >= 4 is 5.91 Å². The second-order valence-corrected chi connectivity index (χ2v) is 3.56. The van der Waals surface area contributed by atoms with Crippen molar-refractivity contribution in [2.24, 2.45) is 0 Å². The molecule has 0 atom stereocenters. The molecule has 1 aromatic rings. The molecule has 1 N–H and O–H groups in total. The number of carbonyl (C=O) groups is 1. The van der Waals surface area contributed by atoms with Crippen LogP contribution in [0.4, 0.5) is 4.39 Å². The van der Waals surface area contributed by atoms with Crippen LogP contribution >= 0.6 is 0 Å². The summed E-state index contributed by atoms with van der Waals surface area (Å²) >= 11 is 0. The van der Waals surface area contributed by atoms with Gasteiger partial charge in [0.05, 0.1) is 5.56 Å². The van der Waals surface area contributed by atoms with E-state index in [1.54, 1.807) is 19.1 Å². The SMILES string of the molecule is Cc1cccc(C(=O)NC(C)C)c1F. The second-order valence-electron chi connectivity index (χ2n) is 3.56. The predicted octanol–water partition coefficient (Wildman–Crippen LogP) is 2.27. The van der Waals surface area contributed by atoms with Crippen molar-refractivity contribution in [3.05, 3.63) is 35.1 Å². The third-order valence-electron chi connectivity index (χ3n) is 1.86. The van der Waals surface area contributed by atoms with Crippen LogP contribution in [0.2, 0.25) is 0 Å². The summed E-state index contributed by atoms with van der Waals surface area (Å²) in [4.78, 5) is 11.5. The normalized spacial score (nSPS) is 10.4. The topological polar surface area (TPSA) is 29.1 Å². The highest BCUT2D eigenvalue weighted by Gasteiger charge is 2.13. The van der Waals surface area contributed by atoms with Crippen LogP contribution in [0.1, 0.15) is 29.8 Å². The number of rotatable bonds is 2. The van der Waals surface area contributed by atoms with Gasteiger partial charge in [0.2, 0.25) is 0 Å². The van der Waals surface area contributed by atoms with Gasteiger partial charge >= 0.3 is 0 Å². The van der Waals surface area contributed by atoms with Crippen LogP contribution in [0.25, 0.3) is 0 Å². The van der Waals surface area contributed by atoms with Crippen LogP contribution in [-0.4, -0.2) is 11.9 Å². The van der Waals surface area contributed by atoms with Gasteiger partial charge in [0, 0.05) is 6.04 Å². The zero-order chi connectivity index (χ0) is 10.7. The van der Waals surface area contributed by atoms with Crippen LogP contribution in [0.3, 0.4) is 0 Å². The summed E-state index contributed by atoms with van der Waals surface area (Å²) in [6, 6.07) is 4.82. The number of hydrogen-bond acceptors (Lipinski definition) is 1. The van der Waals surface area contributed by atoms with Gasteiger partial charge in [-0.3, -0.25) is 4.79 Å². The first kappa shape index (κ1) is 10.7. The Balaban J connectivity index is 2.96. The fourth-order valence-corrected chi connectivity index (χ4v) is 1.16. The third kappa shape index (κ3) is 2.31. The zero-order valence-corrected chi connectivity index (χ0v) is 8.60. The zero-order valence-electron chi connectivity index (χ0n) is 8.60. The van der Waals surface area contributed by atoms with E-state index in [4.69, 9.17) is 0 Å². The molecule has 0 bridgehead atoms. The van der Waals surface area contributed by atoms with Crippen molar-refractivity contribution in [1.82, 2.24) is 5.32 Å². The standard InChI is InChI=1S/C11H14FNO/c1-7(2)13-11(14)9-6-4-5-8(3)10(9)12/h4-7H,1-3H3,(H,13,14). The molecule has 2 nitrogen and oxygen atoms in total. The van der Waals surface area contributed by atoms with Crippen molar-refractivity contribution in [3.63, 3.8) is 0 Å². The average Bonchev–Trinajstić information content (AvgIpc) is 2.08. The number of benzene rings is 1. The van der Waals surface area contributed by atoms with E-state index in [-0.39, 0.29) is 17.5 Å². The Labute approximate surface area is 83.1 Å². The maximum absolute atomic E-state index is 13.4. The van der Waals surface area contributed by atoms with Gasteiger partial charge in [-0.05, 0) is 32.4 Å². The van der Waals surface area contributed by atoms with Crippen LogP contribution in [0.15, 0.2) is 18.2 Å². The number of carbonyl (C=O) groups excluding carboxylic acids is 1. The molecule has 0 fully saturated rings. The molecule has 0 saturated carbocycles. The summed E-state index contributed by atoms with van der Waals surface area (Å²) in [5, 5.41) is 2.65. The Kier molecular flexibility index (Phi) is 3.23. The summed E-state index contributed by atoms with van der Waals surface area (Å²) in [6.07, 6.45) is 0. The Hall–Kier alpha value is -1.38. The molecule has 0 spiro atoms. The molecule has 0 radical (unpaired) electrons. The lowest BCUT2D eigenvalue weighted by Crippen LogP contribution is -2.30.